The highest BCUT2D eigenvalue weighted by molar-refractivity contribution is 6.30. The maximum atomic E-state index is 12.6. The number of aromatic nitrogens is 1. The van der Waals surface area contributed by atoms with Crippen molar-refractivity contribution in [2.75, 3.05) is 13.7 Å². The lowest BCUT2D eigenvalue weighted by molar-refractivity contribution is -0.142. The number of methoxy groups -OCH3 is 1. The van der Waals surface area contributed by atoms with Gasteiger partial charge >= 0.3 is 5.97 Å². The van der Waals surface area contributed by atoms with Gasteiger partial charge in [0.2, 0.25) is 5.91 Å². The number of hydrogen-bond acceptors (Lipinski definition) is 5. The molecule has 27 heavy (non-hydrogen) atoms. The molecule has 6 nitrogen and oxygen atoms in total. The van der Waals surface area contributed by atoms with E-state index in [9.17, 15) is 14.4 Å². The van der Waals surface area contributed by atoms with Gasteiger partial charge in [0.25, 0.3) is 0 Å². The van der Waals surface area contributed by atoms with Crippen LogP contribution in [0.2, 0.25) is 5.02 Å². The zero-order chi connectivity index (χ0) is 19.6. The molecule has 0 unspecified atom stereocenters. The topological polar surface area (TPSA) is 76.6 Å². The summed E-state index contributed by atoms with van der Waals surface area (Å²) >= 11 is 5.82. The number of benzene rings is 1. The molecule has 0 fully saturated rings. The van der Waals surface area contributed by atoms with Gasteiger partial charge in [-0.25, -0.2) is 0 Å². The predicted octanol–water partition coefficient (Wildman–Crippen LogP) is 3.29. The molecule has 2 aromatic rings. The Morgan fingerprint density at radius 3 is 2.44 bits per heavy atom. The van der Waals surface area contributed by atoms with Crippen LogP contribution < -0.4 is 0 Å². The van der Waals surface area contributed by atoms with Crippen molar-refractivity contribution in [2.45, 2.75) is 25.8 Å². The average Bonchev–Trinajstić information content (AvgIpc) is 2.70. The number of amides is 1. The second kappa shape index (κ2) is 10.4. The molecule has 0 bridgehead atoms. The first kappa shape index (κ1) is 20.6. The Labute approximate surface area is 163 Å². The highest BCUT2D eigenvalue weighted by Gasteiger charge is 2.18. The molecule has 142 valence electrons. The quantitative estimate of drug-likeness (QED) is 0.486. The fourth-order valence-corrected chi connectivity index (χ4v) is 2.62. The van der Waals surface area contributed by atoms with E-state index in [2.05, 4.69) is 9.72 Å². The number of Topliss-reactive ketones (excluding diaryl/α,β-unsaturated/α-hetero) is 1. The van der Waals surface area contributed by atoms with Crippen molar-refractivity contribution in [2.24, 2.45) is 0 Å². The molecular formula is C20H21ClN2O4. The molecule has 1 aromatic heterocycles. The molecule has 0 saturated carbocycles. The molecule has 0 aliphatic rings. The zero-order valence-corrected chi connectivity index (χ0v) is 15.8. The van der Waals surface area contributed by atoms with Gasteiger partial charge in [-0.15, -0.1) is 0 Å². The zero-order valence-electron chi connectivity index (χ0n) is 15.1. The Morgan fingerprint density at radius 1 is 1.07 bits per heavy atom. The molecule has 0 N–H and O–H groups in total. The van der Waals surface area contributed by atoms with E-state index in [0.29, 0.717) is 17.1 Å². The van der Waals surface area contributed by atoms with E-state index in [1.807, 2.05) is 6.07 Å². The summed E-state index contributed by atoms with van der Waals surface area (Å²) in [5.41, 5.74) is 1.36. The van der Waals surface area contributed by atoms with Crippen LogP contribution in [0.15, 0.2) is 48.8 Å². The Bertz CT molecular complexity index is 778. The van der Waals surface area contributed by atoms with E-state index < -0.39 is 5.97 Å². The van der Waals surface area contributed by atoms with Crippen molar-refractivity contribution in [3.05, 3.63) is 64.9 Å². The van der Waals surface area contributed by atoms with Crippen molar-refractivity contribution in [1.29, 1.82) is 0 Å². The van der Waals surface area contributed by atoms with E-state index in [1.54, 1.807) is 47.6 Å². The number of hydrogen-bond donors (Lipinski definition) is 0. The number of ketones is 1. The van der Waals surface area contributed by atoms with Gasteiger partial charge in [0.05, 0.1) is 13.5 Å². The number of carbonyl (C=O) groups is 3. The lowest BCUT2D eigenvalue weighted by atomic mass is 10.1. The molecule has 0 atom stereocenters. The van der Waals surface area contributed by atoms with Gasteiger partial charge in [-0.1, -0.05) is 17.7 Å². The fourth-order valence-electron chi connectivity index (χ4n) is 2.49. The Morgan fingerprint density at radius 2 is 1.81 bits per heavy atom. The third kappa shape index (κ3) is 6.83. The second-order valence-electron chi connectivity index (χ2n) is 5.93. The van der Waals surface area contributed by atoms with Gasteiger partial charge in [0, 0.05) is 48.9 Å². The second-order valence-corrected chi connectivity index (χ2v) is 6.37. The molecule has 7 heteroatoms. The molecule has 0 aliphatic heterocycles. The van der Waals surface area contributed by atoms with Gasteiger partial charge in [-0.05, 0) is 35.9 Å². The normalized spacial score (nSPS) is 10.3. The first-order valence-corrected chi connectivity index (χ1v) is 8.89. The van der Waals surface area contributed by atoms with E-state index in [0.717, 1.165) is 5.56 Å². The number of ether oxygens (including phenoxy) is 1. The number of pyridine rings is 1. The Hall–Kier alpha value is -2.73. The van der Waals surface area contributed by atoms with Crippen LogP contribution in [-0.2, 0) is 20.9 Å². The highest BCUT2D eigenvalue weighted by atomic mass is 35.5. The molecule has 0 spiro atoms. The molecule has 2 rings (SSSR count). The standard InChI is InChI=1S/C20H21ClN2O4/c1-27-20(26)10-12-23(14-15-3-2-11-22-13-15)19(25)9-8-18(24)16-4-6-17(21)7-5-16/h2-7,11,13H,8-10,12,14H2,1H3. The molecule has 0 saturated heterocycles. The number of nitrogens with zero attached hydrogens (tertiary/aromatic N) is 2. The Balaban J connectivity index is 1.97. The minimum absolute atomic E-state index is 0.0584. The first-order chi connectivity index (χ1) is 13.0. The molecular weight excluding hydrogens is 368 g/mol. The van der Waals surface area contributed by atoms with Gasteiger partial charge < -0.3 is 9.64 Å². The van der Waals surface area contributed by atoms with E-state index in [1.165, 1.54) is 7.11 Å². The minimum Gasteiger partial charge on any atom is -0.469 e. The summed E-state index contributed by atoms with van der Waals surface area (Å²) in [6.07, 6.45) is 3.55. The van der Waals surface area contributed by atoms with Crippen LogP contribution >= 0.6 is 11.6 Å². The maximum absolute atomic E-state index is 12.6. The molecule has 0 aliphatic carbocycles. The van der Waals surface area contributed by atoms with Crippen molar-refractivity contribution < 1.29 is 19.1 Å². The third-order valence-corrected chi connectivity index (χ3v) is 4.25. The van der Waals surface area contributed by atoms with Gasteiger partial charge in [0.15, 0.2) is 5.78 Å². The van der Waals surface area contributed by atoms with Crippen LogP contribution in [0.1, 0.15) is 35.2 Å². The number of rotatable bonds is 9. The van der Waals surface area contributed by atoms with E-state index in [4.69, 9.17) is 11.6 Å². The van der Waals surface area contributed by atoms with Crippen molar-refractivity contribution in [3.63, 3.8) is 0 Å². The largest absolute Gasteiger partial charge is 0.469 e. The number of carbonyl (C=O) groups excluding carboxylic acids is 3. The highest BCUT2D eigenvalue weighted by Crippen LogP contribution is 2.13. The van der Waals surface area contributed by atoms with Gasteiger partial charge in [-0.3, -0.25) is 19.4 Å². The van der Waals surface area contributed by atoms with Crippen molar-refractivity contribution in [1.82, 2.24) is 9.88 Å². The van der Waals surface area contributed by atoms with Crippen LogP contribution in [0.3, 0.4) is 0 Å². The van der Waals surface area contributed by atoms with Crippen LogP contribution in [0, 0.1) is 0 Å². The summed E-state index contributed by atoms with van der Waals surface area (Å²) in [7, 11) is 1.31. The van der Waals surface area contributed by atoms with Crippen molar-refractivity contribution in [3.8, 4) is 0 Å². The van der Waals surface area contributed by atoms with Crippen molar-refractivity contribution >= 4 is 29.3 Å². The molecule has 1 aromatic carbocycles. The van der Waals surface area contributed by atoms with E-state index >= 15 is 0 Å². The molecule has 1 heterocycles. The summed E-state index contributed by atoms with van der Waals surface area (Å²) in [6, 6.07) is 10.2. The minimum atomic E-state index is -0.392. The SMILES string of the molecule is COC(=O)CCN(Cc1cccnc1)C(=O)CCC(=O)c1ccc(Cl)cc1. The molecule has 1 amide bonds. The summed E-state index contributed by atoms with van der Waals surface area (Å²) in [4.78, 5) is 41.9. The summed E-state index contributed by atoms with van der Waals surface area (Å²) in [6.45, 7) is 0.536. The smallest absolute Gasteiger partial charge is 0.307 e. The fraction of sp³-hybridized carbons (Fsp3) is 0.300. The summed E-state index contributed by atoms with van der Waals surface area (Å²) in [5, 5.41) is 0.549. The third-order valence-electron chi connectivity index (χ3n) is 3.99. The number of esters is 1. The van der Waals surface area contributed by atoms with Crippen LogP contribution in [0.4, 0.5) is 0 Å². The van der Waals surface area contributed by atoms with Gasteiger partial charge in [0.1, 0.15) is 0 Å². The van der Waals surface area contributed by atoms with Crippen LogP contribution in [0.25, 0.3) is 0 Å². The lowest BCUT2D eigenvalue weighted by Crippen LogP contribution is -2.33. The average molecular weight is 389 g/mol. The van der Waals surface area contributed by atoms with Gasteiger partial charge in [-0.2, -0.15) is 0 Å². The van der Waals surface area contributed by atoms with Crippen LogP contribution in [0.5, 0.6) is 0 Å². The first-order valence-electron chi connectivity index (χ1n) is 8.52. The summed E-state index contributed by atoms with van der Waals surface area (Å²) < 4.78 is 4.64. The molecule has 0 radical (unpaired) electrons. The van der Waals surface area contributed by atoms with Crippen LogP contribution in [-0.4, -0.2) is 41.2 Å². The Kier molecular flexibility index (Phi) is 7.95. The lowest BCUT2D eigenvalue weighted by Gasteiger charge is -2.22. The summed E-state index contributed by atoms with van der Waals surface area (Å²) in [5.74, 6) is -0.726. The maximum Gasteiger partial charge on any atom is 0.307 e. The predicted molar refractivity (Wildman–Crippen MR) is 101 cm³/mol. The van der Waals surface area contributed by atoms with E-state index in [-0.39, 0.29) is 37.5 Å². The monoisotopic (exact) mass is 388 g/mol. The number of halogens is 1.